The van der Waals surface area contributed by atoms with Crippen LogP contribution < -0.4 is 10.5 Å². The van der Waals surface area contributed by atoms with E-state index in [9.17, 15) is 19.7 Å². The fourth-order valence-corrected chi connectivity index (χ4v) is 4.40. The molecule has 1 amide bonds. The summed E-state index contributed by atoms with van der Waals surface area (Å²) < 4.78 is 1.39. The summed E-state index contributed by atoms with van der Waals surface area (Å²) in [6.07, 6.45) is 2.44. The molecule has 0 N–H and O–H groups in total. The third-order valence-electron chi connectivity index (χ3n) is 6.05. The van der Waals surface area contributed by atoms with E-state index in [4.69, 9.17) is 4.98 Å². The van der Waals surface area contributed by atoms with Crippen LogP contribution in [0.2, 0.25) is 0 Å². The summed E-state index contributed by atoms with van der Waals surface area (Å²) in [6, 6.07) is 18.6. The average Bonchev–Trinajstić information content (AvgIpc) is 3.10. The molecule has 0 radical (unpaired) electrons. The zero-order valence-electron chi connectivity index (χ0n) is 19.3. The van der Waals surface area contributed by atoms with E-state index < -0.39 is 4.92 Å². The number of para-hydroxylation sites is 1. The van der Waals surface area contributed by atoms with Crippen molar-refractivity contribution in [2.75, 3.05) is 11.4 Å². The Labute approximate surface area is 200 Å². The van der Waals surface area contributed by atoms with Gasteiger partial charge in [-0.25, -0.2) is 4.98 Å². The van der Waals surface area contributed by atoms with Crippen molar-refractivity contribution >= 4 is 39.8 Å². The first-order valence-electron chi connectivity index (χ1n) is 11.3. The molecule has 0 atom stereocenters. The molecule has 1 aliphatic heterocycles. The summed E-state index contributed by atoms with van der Waals surface area (Å²) in [5.74, 6) is 0.127. The molecular formula is C27H22N4O4. The number of carbonyl (C=O) groups is 1. The second-order valence-corrected chi connectivity index (χ2v) is 8.44. The smallest absolute Gasteiger partial charge is 0.269 e. The van der Waals surface area contributed by atoms with Gasteiger partial charge in [0.05, 0.1) is 32.8 Å². The van der Waals surface area contributed by atoms with E-state index in [1.165, 1.54) is 28.8 Å². The number of fused-ring (bicyclic) bond motifs is 2. The lowest BCUT2D eigenvalue weighted by atomic mass is 10.0. The zero-order valence-corrected chi connectivity index (χ0v) is 19.3. The zero-order chi connectivity index (χ0) is 24.7. The van der Waals surface area contributed by atoms with Gasteiger partial charge in [0, 0.05) is 24.2 Å². The van der Waals surface area contributed by atoms with Crippen molar-refractivity contribution in [1.82, 2.24) is 9.55 Å². The molecule has 0 spiro atoms. The van der Waals surface area contributed by atoms with Crippen molar-refractivity contribution in [3.63, 3.8) is 0 Å². The number of nitrogens with zero attached hydrogens (tertiary/aromatic N) is 4. The van der Waals surface area contributed by atoms with Crippen molar-refractivity contribution in [2.24, 2.45) is 0 Å². The Bertz CT molecular complexity index is 1590. The molecule has 0 aliphatic carbocycles. The Morgan fingerprint density at radius 3 is 2.49 bits per heavy atom. The number of amides is 1. The topological polar surface area (TPSA) is 98.3 Å². The van der Waals surface area contributed by atoms with Crippen LogP contribution in [0.4, 0.5) is 11.4 Å². The first kappa shape index (κ1) is 22.2. The molecule has 35 heavy (non-hydrogen) atoms. The highest BCUT2D eigenvalue weighted by atomic mass is 16.6. The Morgan fingerprint density at radius 1 is 1.03 bits per heavy atom. The third-order valence-corrected chi connectivity index (χ3v) is 6.05. The maximum Gasteiger partial charge on any atom is 0.269 e. The highest BCUT2D eigenvalue weighted by Crippen LogP contribution is 2.38. The number of hydrogen-bond donors (Lipinski definition) is 0. The monoisotopic (exact) mass is 466 g/mol. The normalized spacial score (nSPS) is 14.1. The van der Waals surface area contributed by atoms with Gasteiger partial charge in [0.1, 0.15) is 5.82 Å². The summed E-state index contributed by atoms with van der Waals surface area (Å²) in [5, 5.41) is 11.5. The molecule has 2 heterocycles. The molecule has 5 rings (SSSR count). The Morgan fingerprint density at radius 2 is 1.77 bits per heavy atom. The molecular weight excluding hydrogens is 444 g/mol. The Hall–Kier alpha value is -4.59. The van der Waals surface area contributed by atoms with Crippen LogP contribution in [-0.2, 0) is 4.79 Å². The number of nitro groups is 1. The predicted octanol–water partition coefficient (Wildman–Crippen LogP) is 4.90. The SMILES string of the molecule is CCCN1C(=O)C(=Cc2nc3ccccc3c(=O)n2-c2ccc([N+](=O)[O-])cc2)c2cc(C)ccc21. The van der Waals surface area contributed by atoms with E-state index in [2.05, 4.69) is 0 Å². The molecule has 4 aromatic rings. The molecule has 1 aromatic heterocycles. The number of carbonyl (C=O) groups excluding carboxylic acids is 1. The highest BCUT2D eigenvalue weighted by Gasteiger charge is 2.32. The van der Waals surface area contributed by atoms with Crippen LogP contribution in [0.1, 0.15) is 30.3 Å². The molecule has 3 aromatic carbocycles. The van der Waals surface area contributed by atoms with Crippen molar-refractivity contribution < 1.29 is 9.72 Å². The van der Waals surface area contributed by atoms with Crippen LogP contribution in [0.15, 0.2) is 71.5 Å². The molecule has 174 valence electrons. The molecule has 0 saturated carbocycles. The maximum absolute atomic E-state index is 13.6. The number of benzene rings is 3. The summed E-state index contributed by atoms with van der Waals surface area (Å²) in [7, 11) is 0. The standard InChI is InChI=1S/C27H22N4O4/c1-3-14-29-24-13-8-17(2)15-21(24)22(26(29)32)16-25-28-23-7-5-4-6-20(23)27(33)30(25)18-9-11-19(12-10-18)31(34)35/h4-13,15-16H,3,14H2,1-2H3. The number of rotatable bonds is 5. The van der Waals surface area contributed by atoms with Gasteiger partial charge in [-0.3, -0.25) is 24.3 Å². The van der Waals surface area contributed by atoms with Crippen LogP contribution in [0, 0.1) is 17.0 Å². The van der Waals surface area contributed by atoms with Gasteiger partial charge in [-0.05, 0) is 55.8 Å². The Kier molecular flexibility index (Phi) is 5.49. The van der Waals surface area contributed by atoms with Crippen molar-refractivity contribution in [1.29, 1.82) is 0 Å². The first-order chi connectivity index (χ1) is 16.9. The van der Waals surface area contributed by atoms with Gasteiger partial charge in [-0.1, -0.05) is 30.7 Å². The largest absolute Gasteiger partial charge is 0.308 e. The van der Waals surface area contributed by atoms with Gasteiger partial charge in [-0.2, -0.15) is 0 Å². The van der Waals surface area contributed by atoms with Crippen LogP contribution in [-0.4, -0.2) is 26.9 Å². The van der Waals surface area contributed by atoms with Gasteiger partial charge in [0.2, 0.25) is 0 Å². The van der Waals surface area contributed by atoms with E-state index >= 15 is 0 Å². The van der Waals surface area contributed by atoms with Crippen molar-refractivity contribution in [2.45, 2.75) is 20.3 Å². The predicted molar refractivity (Wildman–Crippen MR) is 136 cm³/mol. The number of hydrogen-bond acceptors (Lipinski definition) is 5. The lowest BCUT2D eigenvalue weighted by molar-refractivity contribution is -0.384. The van der Waals surface area contributed by atoms with Crippen LogP contribution in [0.25, 0.3) is 28.2 Å². The first-order valence-corrected chi connectivity index (χ1v) is 11.3. The minimum Gasteiger partial charge on any atom is -0.308 e. The van der Waals surface area contributed by atoms with E-state index in [-0.39, 0.29) is 23.0 Å². The molecule has 1 aliphatic rings. The maximum atomic E-state index is 13.6. The number of aryl methyl sites for hydroxylation is 1. The fraction of sp³-hybridized carbons (Fsp3) is 0.148. The quantitative estimate of drug-likeness (QED) is 0.237. The summed E-state index contributed by atoms with van der Waals surface area (Å²) >= 11 is 0. The summed E-state index contributed by atoms with van der Waals surface area (Å²) in [6.45, 7) is 4.55. The lowest BCUT2D eigenvalue weighted by Crippen LogP contribution is -2.27. The average molecular weight is 466 g/mol. The number of aromatic nitrogens is 2. The lowest BCUT2D eigenvalue weighted by Gasteiger charge is -2.15. The van der Waals surface area contributed by atoms with Gasteiger partial charge < -0.3 is 4.90 Å². The van der Waals surface area contributed by atoms with Gasteiger partial charge in [0.15, 0.2) is 0 Å². The second-order valence-electron chi connectivity index (χ2n) is 8.44. The number of nitro benzene ring substituents is 1. The Balaban J connectivity index is 1.77. The van der Waals surface area contributed by atoms with E-state index in [1.807, 2.05) is 32.0 Å². The van der Waals surface area contributed by atoms with E-state index in [1.54, 1.807) is 35.2 Å². The molecule has 0 unspecified atom stereocenters. The van der Waals surface area contributed by atoms with E-state index in [0.29, 0.717) is 28.7 Å². The van der Waals surface area contributed by atoms with Crippen LogP contribution in [0.5, 0.6) is 0 Å². The number of anilines is 1. The van der Waals surface area contributed by atoms with Crippen LogP contribution in [0.3, 0.4) is 0 Å². The van der Waals surface area contributed by atoms with E-state index in [0.717, 1.165) is 23.2 Å². The summed E-state index contributed by atoms with van der Waals surface area (Å²) in [4.78, 5) is 44.1. The second kappa shape index (κ2) is 8.64. The van der Waals surface area contributed by atoms with Gasteiger partial charge in [-0.15, -0.1) is 0 Å². The van der Waals surface area contributed by atoms with Crippen LogP contribution >= 0.6 is 0 Å². The number of non-ortho nitro benzene ring substituents is 1. The third kappa shape index (κ3) is 3.78. The van der Waals surface area contributed by atoms with Gasteiger partial charge in [0.25, 0.3) is 17.2 Å². The molecule has 8 heteroatoms. The van der Waals surface area contributed by atoms with Crippen molar-refractivity contribution in [3.05, 3.63) is 104 Å². The molecule has 0 fully saturated rings. The molecule has 0 saturated heterocycles. The highest BCUT2D eigenvalue weighted by molar-refractivity contribution is 6.35. The molecule has 0 bridgehead atoms. The molecule has 8 nitrogen and oxygen atoms in total. The van der Waals surface area contributed by atoms with Crippen molar-refractivity contribution in [3.8, 4) is 5.69 Å². The summed E-state index contributed by atoms with van der Waals surface area (Å²) in [5.41, 5.74) is 3.61. The van der Waals surface area contributed by atoms with Gasteiger partial charge >= 0.3 is 0 Å². The minimum atomic E-state index is -0.493. The fourth-order valence-electron chi connectivity index (χ4n) is 4.40. The minimum absolute atomic E-state index is 0.0824.